The van der Waals surface area contributed by atoms with E-state index >= 15 is 0 Å². The van der Waals surface area contributed by atoms with E-state index in [2.05, 4.69) is 4.98 Å². The van der Waals surface area contributed by atoms with Gasteiger partial charge in [-0.2, -0.15) is 17.5 Å². The van der Waals surface area contributed by atoms with Gasteiger partial charge in [0.15, 0.2) is 0 Å². The highest BCUT2D eigenvalue weighted by atomic mass is 32.2. The van der Waals surface area contributed by atoms with Gasteiger partial charge in [0.05, 0.1) is 42.7 Å². The van der Waals surface area contributed by atoms with Gasteiger partial charge in [0.25, 0.3) is 5.91 Å². The fourth-order valence-electron chi connectivity index (χ4n) is 4.70. The molecule has 1 spiro atoms. The van der Waals surface area contributed by atoms with Gasteiger partial charge in [-0.25, -0.2) is 12.8 Å². The SMILES string of the molecule is COc1cc(F)ccc1-c1ccncc1N(C)C(=O)c1cc(C(F)(F)F)cc(S(=O)(=O)N2CC3(COC3)C2)c1. The number of hydrogen-bond acceptors (Lipinski definition) is 6. The van der Waals surface area contributed by atoms with Crippen LogP contribution in [0.5, 0.6) is 5.75 Å². The maximum atomic E-state index is 13.8. The summed E-state index contributed by atoms with van der Waals surface area (Å²) >= 11 is 0. The van der Waals surface area contributed by atoms with Crippen molar-refractivity contribution in [2.75, 3.05) is 45.4 Å². The second kappa shape index (κ2) is 9.57. The Morgan fingerprint density at radius 2 is 1.82 bits per heavy atom. The van der Waals surface area contributed by atoms with Gasteiger partial charge in [0.2, 0.25) is 10.0 Å². The first-order valence-electron chi connectivity index (χ1n) is 11.7. The standard InChI is InChI=1S/C26H23F4N3O5S/c1-32(22-11-31-6-5-20(22)21-4-3-18(27)10-23(21)37-2)24(34)16-7-17(26(28,29)30)9-19(8-16)39(35,36)33-12-25(13-33)14-38-15-25/h3-11H,12-15H2,1-2H3. The Morgan fingerprint density at radius 1 is 1.10 bits per heavy atom. The Bertz CT molecular complexity index is 1550. The van der Waals surface area contributed by atoms with E-state index in [4.69, 9.17) is 9.47 Å². The van der Waals surface area contributed by atoms with E-state index in [1.54, 1.807) is 6.07 Å². The first-order valence-corrected chi connectivity index (χ1v) is 13.1. The number of alkyl halides is 3. The van der Waals surface area contributed by atoms with Crippen molar-refractivity contribution in [2.24, 2.45) is 5.41 Å². The van der Waals surface area contributed by atoms with E-state index in [1.807, 2.05) is 0 Å². The molecule has 0 radical (unpaired) electrons. The lowest BCUT2D eigenvalue weighted by Crippen LogP contribution is -2.66. The highest BCUT2D eigenvalue weighted by Gasteiger charge is 2.53. The molecule has 2 aliphatic rings. The van der Waals surface area contributed by atoms with Crippen molar-refractivity contribution < 1.29 is 40.2 Å². The summed E-state index contributed by atoms with van der Waals surface area (Å²) < 4.78 is 93.1. The summed E-state index contributed by atoms with van der Waals surface area (Å²) in [4.78, 5) is 18.0. The van der Waals surface area contributed by atoms with Gasteiger partial charge in [-0.15, -0.1) is 0 Å². The molecule has 2 fully saturated rings. The van der Waals surface area contributed by atoms with Crippen LogP contribution >= 0.6 is 0 Å². The summed E-state index contributed by atoms with van der Waals surface area (Å²) in [6.45, 7) is 1.05. The smallest absolute Gasteiger partial charge is 0.416 e. The highest BCUT2D eigenvalue weighted by Crippen LogP contribution is 2.42. The summed E-state index contributed by atoms with van der Waals surface area (Å²) in [6, 6.07) is 7.43. The number of benzene rings is 2. The number of carbonyl (C=O) groups is 1. The molecule has 0 atom stereocenters. The molecule has 0 N–H and O–H groups in total. The van der Waals surface area contributed by atoms with Crippen LogP contribution in [-0.2, 0) is 20.9 Å². The second-order valence-corrected chi connectivity index (χ2v) is 11.5. The summed E-state index contributed by atoms with van der Waals surface area (Å²) in [5, 5.41) is 0. The average molecular weight is 566 g/mol. The minimum Gasteiger partial charge on any atom is -0.496 e. The Morgan fingerprint density at radius 3 is 2.44 bits per heavy atom. The first-order chi connectivity index (χ1) is 18.3. The fourth-order valence-corrected chi connectivity index (χ4v) is 6.44. The fraction of sp³-hybridized carbons (Fsp3) is 0.308. The molecule has 2 aliphatic heterocycles. The second-order valence-electron chi connectivity index (χ2n) is 9.61. The zero-order chi connectivity index (χ0) is 28.2. The van der Waals surface area contributed by atoms with Crippen molar-refractivity contribution in [3.05, 3.63) is 71.8 Å². The Balaban J connectivity index is 1.53. The van der Waals surface area contributed by atoms with Crippen molar-refractivity contribution >= 4 is 21.6 Å². The Hall–Kier alpha value is -3.55. The maximum absolute atomic E-state index is 13.8. The topological polar surface area (TPSA) is 89.0 Å². The lowest BCUT2D eigenvalue weighted by molar-refractivity contribution is -0.166. The van der Waals surface area contributed by atoms with Gasteiger partial charge in [0.1, 0.15) is 11.6 Å². The minimum absolute atomic E-state index is 0.132. The van der Waals surface area contributed by atoms with Gasteiger partial charge in [-0.3, -0.25) is 9.78 Å². The van der Waals surface area contributed by atoms with Crippen molar-refractivity contribution in [1.82, 2.24) is 9.29 Å². The quantitative estimate of drug-likeness (QED) is 0.416. The molecule has 1 amide bonds. The molecular formula is C26H23F4N3O5S. The van der Waals surface area contributed by atoms with E-state index < -0.39 is 43.9 Å². The molecule has 0 aliphatic carbocycles. The van der Waals surface area contributed by atoms with E-state index in [0.717, 1.165) is 21.3 Å². The third kappa shape index (κ3) is 4.85. The molecule has 2 aromatic carbocycles. The lowest BCUT2D eigenvalue weighted by atomic mass is 9.80. The number of methoxy groups -OCH3 is 1. The summed E-state index contributed by atoms with van der Waals surface area (Å²) in [7, 11) is -1.63. The number of nitrogens with zero attached hydrogens (tertiary/aromatic N) is 3. The molecule has 0 unspecified atom stereocenters. The van der Waals surface area contributed by atoms with Crippen LogP contribution < -0.4 is 9.64 Å². The molecule has 8 nitrogen and oxygen atoms in total. The lowest BCUT2D eigenvalue weighted by Gasteiger charge is -2.53. The number of hydrogen-bond donors (Lipinski definition) is 0. The number of aromatic nitrogens is 1. The van der Waals surface area contributed by atoms with Crippen LogP contribution in [0.4, 0.5) is 23.2 Å². The molecule has 3 heterocycles. The molecular weight excluding hydrogens is 542 g/mol. The Kier molecular flexibility index (Phi) is 6.64. The minimum atomic E-state index is -4.90. The maximum Gasteiger partial charge on any atom is 0.416 e. The molecule has 0 saturated carbocycles. The molecule has 3 aromatic rings. The Labute approximate surface area is 221 Å². The van der Waals surface area contributed by atoms with Gasteiger partial charge < -0.3 is 14.4 Å². The normalized spacial score (nSPS) is 16.9. The zero-order valence-electron chi connectivity index (χ0n) is 20.8. The molecule has 5 rings (SSSR count). The highest BCUT2D eigenvalue weighted by molar-refractivity contribution is 7.89. The number of halogens is 4. The number of amides is 1. The number of pyridine rings is 1. The van der Waals surface area contributed by atoms with Crippen LogP contribution in [0.2, 0.25) is 0 Å². The van der Waals surface area contributed by atoms with Crippen molar-refractivity contribution in [1.29, 1.82) is 0 Å². The largest absolute Gasteiger partial charge is 0.496 e. The van der Waals surface area contributed by atoms with Gasteiger partial charge in [0, 0.05) is 54.5 Å². The third-order valence-corrected chi connectivity index (χ3v) is 8.65. The van der Waals surface area contributed by atoms with E-state index in [1.165, 1.54) is 38.7 Å². The molecule has 39 heavy (non-hydrogen) atoms. The molecule has 2 saturated heterocycles. The van der Waals surface area contributed by atoms with Gasteiger partial charge >= 0.3 is 6.18 Å². The zero-order valence-corrected chi connectivity index (χ0v) is 21.6. The van der Waals surface area contributed by atoms with Gasteiger partial charge in [-0.05, 0) is 36.4 Å². The van der Waals surface area contributed by atoms with Crippen molar-refractivity contribution in [3.63, 3.8) is 0 Å². The van der Waals surface area contributed by atoms with Crippen molar-refractivity contribution in [2.45, 2.75) is 11.1 Å². The summed E-state index contributed by atoms with van der Waals surface area (Å²) in [5.41, 5.74) is -1.06. The number of anilines is 1. The predicted molar refractivity (Wildman–Crippen MR) is 132 cm³/mol. The summed E-state index contributed by atoms with van der Waals surface area (Å²) in [6.07, 6.45) is -2.15. The van der Waals surface area contributed by atoms with E-state index in [0.29, 0.717) is 36.5 Å². The molecule has 13 heteroatoms. The van der Waals surface area contributed by atoms with E-state index in [9.17, 15) is 30.8 Å². The van der Waals surface area contributed by atoms with Crippen LogP contribution in [-0.4, -0.2) is 64.1 Å². The molecule has 0 bridgehead atoms. The average Bonchev–Trinajstić information content (AvgIpc) is 2.85. The third-order valence-electron chi connectivity index (χ3n) is 6.88. The van der Waals surface area contributed by atoms with E-state index in [-0.39, 0.29) is 29.9 Å². The monoisotopic (exact) mass is 565 g/mol. The van der Waals surface area contributed by atoms with Crippen LogP contribution in [0.25, 0.3) is 11.1 Å². The number of ether oxygens (including phenoxy) is 2. The first kappa shape index (κ1) is 27.0. The van der Waals surface area contributed by atoms with Crippen molar-refractivity contribution in [3.8, 4) is 16.9 Å². The molecule has 206 valence electrons. The van der Waals surface area contributed by atoms with Crippen LogP contribution in [0, 0.1) is 11.2 Å². The summed E-state index contributed by atoms with van der Waals surface area (Å²) in [5.74, 6) is -1.29. The van der Waals surface area contributed by atoms with Crippen LogP contribution in [0.3, 0.4) is 0 Å². The predicted octanol–water partition coefficient (Wildman–Crippen LogP) is 4.21. The van der Waals surface area contributed by atoms with Crippen LogP contribution in [0.1, 0.15) is 15.9 Å². The number of rotatable bonds is 6. The number of sulfonamides is 1. The van der Waals surface area contributed by atoms with Gasteiger partial charge in [-0.1, -0.05) is 0 Å². The molecule has 1 aromatic heterocycles. The number of carbonyl (C=O) groups excluding carboxylic acids is 1. The van der Waals surface area contributed by atoms with Crippen LogP contribution in [0.15, 0.2) is 59.8 Å².